The number of hydrogen-bond donors (Lipinski definition) is 1. The molecule has 1 unspecified atom stereocenters. The van der Waals surface area contributed by atoms with Crippen LogP contribution < -0.4 is 0 Å². The first-order valence-electron chi connectivity index (χ1n) is 7.79. The second-order valence-corrected chi connectivity index (χ2v) is 6.33. The number of nitrogens with zero attached hydrogens (tertiary/aromatic N) is 2. The molecule has 2 heterocycles. The van der Waals surface area contributed by atoms with Crippen molar-refractivity contribution in [2.75, 3.05) is 26.7 Å². The van der Waals surface area contributed by atoms with Crippen LogP contribution in [0.5, 0.6) is 0 Å². The van der Waals surface area contributed by atoms with Gasteiger partial charge in [0, 0.05) is 25.7 Å². The molecule has 2 amide bonds. The molecule has 0 saturated carbocycles. The Bertz CT molecular complexity index is 565. The van der Waals surface area contributed by atoms with E-state index in [1.54, 1.807) is 4.90 Å². The van der Waals surface area contributed by atoms with Gasteiger partial charge in [0.2, 0.25) is 11.8 Å². The van der Waals surface area contributed by atoms with E-state index in [0.717, 1.165) is 24.8 Å². The number of piperidine rings is 1. The van der Waals surface area contributed by atoms with Crippen LogP contribution in [0.2, 0.25) is 0 Å². The van der Waals surface area contributed by atoms with E-state index in [9.17, 15) is 9.59 Å². The van der Waals surface area contributed by atoms with Crippen molar-refractivity contribution in [3.8, 4) is 0 Å². The first-order chi connectivity index (χ1) is 10.6. The van der Waals surface area contributed by atoms with Gasteiger partial charge in [-0.3, -0.25) is 9.59 Å². The summed E-state index contributed by atoms with van der Waals surface area (Å²) < 4.78 is 0. The molecule has 0 radical (unpaired) electrons. The lowest BCUT2D eigenvalue weighted by Gasteiger charge is -2.43. The molecule has 2 aliphatic heterocycles. The molecular formula is C17H22N2O3. The van der Waals surface area contributed by atoms with Crippen molar-refractivity contribution >= 4 is 11.8 Å². The lowest BCUT2D eigenvalue weighted by Crippen LogP contribution is -2.53. The summed E-state index contributed by atoms with van der Waals surface area (Å²) in [6, 6.07) is 9.92. The monoisotopic (exact) mass is 302 g/mol. The Labute approximate surface area is 130 Å². The van der Waals surface area contributed by atoms with Crippen molar-refractivity contribution in [1.82, 2.24) is 9.80 Å². The molecule has 1 aromatic carbocycles. The highest BCUT2D eigenvalue weighted by Gasteiger charge is 2.50. The zero-order valence-electron chi connectivity index (χ0n) is 12.9. The van der Waals surface area contributed by atoms with Crippen molar-refractivity contribution in [3.63, 3.8) is 0 Å². The minimum Gasteiger partial charge on any atom is -0.387 e. The summed E-state index contributed by atoms with van der Waals surface area (Å²) in [5.74, 6) is -0.124. The summed E-state index contributed by atoms with van der Waals surface area (Å²) in [5.41, 5.74) is 0.925. The SMILES string of the molecule is CN1C(=O)C(c2ccccc2)CC12CCN(C(=O)CO)CC2. The van der Waals surface area contributed by atoms with E-state index in [1.807, 2.05) is 42.3 Å². The highest BCUT2D eigenvalue weighted by Crippen LogP contribution is 2.44. The molecule has 3 rings (SSSR count). The van der Waals surface area contributed by atoms with Crippen LogP contribution >= 0.6 is 0 Å². The third-order valence-corrected chi connectivity index (χ3v) is 5.31. The van der Waals surface area contributed by atoms with Crippen molar-refractivity contribution in [2.45, 2.75) is 30.7 Å². The Hall–Kier alpha value is -1.88. The van der Waals surface area contributed by atoms with Gasteiger partial charge in [-0.25, -0.2) is 0 Å². The second-order valence-electron chi connectivity index (χ2n) is 6.33. The van der Waals surface area contributed by atoms with Crippen LogP contribution in [-0.4, -0.2) is 59.0 Å². The van der Waals surface area contributed by atoms with Crippen LogP contribution in [-0.2, 0) is 9.59 Å². The molecule has 1 spiro atoms. The van der Waals surface area contributed by atoms with Gasteiger partial charge in [0.1, 0.15) is 6.61 Å². The predicted molar refractivity (Wildman–Crippen MR) is 82.2 cm³/mol. The molecule has 1 N–H and O–H groups in total. The van der Waals surface area contributed by atoms with Gasteiger partial charge in [0.05, 0.1) is 5.92 Å². The zero-order valence-corrected chi connectivity index (χ0v) is 12.9. The second kappa shape index (κ2) is 5.72. The van der Waals surface area contributed by atoms with Gasteiger partial charge in [-0.15, -0.1) is 0 Å². The van der Waals surface area contributed by atoms with Gasteiger partial charge in [0.25, 0.3) is 0 Å². The Morgan fingerprint density at radius 2 is 1.91 bits per heavy atom. The third-order valence-electron chi connectivity index (χ3n) is 5.31. The number of aliphatic hydroxyl groups is 1. The first kappa shape index (κ1) is 15.0. The molecule has 2 fully saturated rings. The maximum atomic E-state index is 12.7. The van der Waals surface area contributed by atoms with E-state index in [2.05, 4.69) is 0 Å². The maximum Gasteiger partial charge on any atom is 0.248 e. The van der Waals surface area contributed by atoms with Gasteiger partial charge in [-0.1, -0.05) is 30.3 Å². The normalized spacial score (nSPS) is 24.1. The quantitative estimate of drug-likeness (QED) is 0.886. The smallest absolute Gasteiger partial charge is 0.248 e. The third kappa shape index (κ3) is 2.39. The van der Waals surface area contributed by atoms with E-state index in [0.29, 0.717) is 13.1 Å². The first-order valence-corrected chi connectivity index (χ1v) is 7.79. The summed E-state index contributed by atoms with van der Waals surface area (Å²) in [7, 11) is 1.88. The van der Waals surface area contributed by atoms with Crippen molar-refractivity contribution in [1.29, 1.82) is 0 Å². The van der Waals surface area contributed by atoms with Gasteiger partial charge in [-0.05, 0) is 24.8 Å². The Morgan fingerprint density at radius 1 is 1.27 bits per heavy atom. The number of carbonyl (C=O) groups is 2. The minimum atomic E-state index is -0.436. The van der Waals surface area contributed by atoms with Crippen molar-refractivity contribution < 1.29 is 14.7 Å². The number of hydrogen-bond acceptors (Lipinski definition) is 3. The van der Waals surface area contributed by atoms with E-state index in [-0.39, 0.29) is 23.3 Å². The predicted octanol–water partition coefficient (Wildman–Crippen LogP) is 0.986. The van der Waals surface area contributed by atoms with Crippen LogP contribution in [0.25, 0.3) is 0 Å². The van der Waals surface area contributed by atoms with E-state index in [4.69, 9.17) is 5.11 Å². The Balaban J connectivity index is 1.76. The maximum absolute atomic E-state index is 12.7. The molecule has 22 heavy (non-hydrogen) atoms. The van der Waals surface area contributed by atoms with Crippen LogP contribution in [0.1, 0.15) is 30.7 Å². The number of benzene rings is 1. The van der Waals surface area contributed by atoms with Crippen LogP contribution in [0.15, 0.2) is 30.3 Å². The fraction of sp³-hybridized carbons (Fsp3) is 0.529. The summed E-state index contributed by atoms with van der Waals surface area (Å²) in [4.78, 5) is 27.8. The summed E-state index contributed by atoms with van der Waals surface area (Å²) in [5, 5.41) is 8.97. The topological polar surface area (TPSA) is 60.9 Å². The molecule has 2 saturated heterocycles. The number of rotatable bonds is 2. The van der Waals surface area contributed by atoms with Crippen LogP contribution in [0, 0.1) is 0 Å². The summed E-state index contributed by atoms with van der Waals surface area (Å²) in [6.07, 6.45) is 2.38. The minimum absolute atomic E-state index is 0.0775. The largest absolute Gasteiger partial charge is 0.387 e. The molecule has 1 atom stereocenters. The number of likely N-dealkylation sites (tertiary alicyclic amines) is 2. The molecular weight excluding hydrogens is 280 g/mol. The number of aliphatic hydroxyl groups excluding tert-OH is 1. The molecule has 2 aliphatic rings. The van der Waals surface area contributed by atoms with Gasteiger partial charge in [0.15, 0.2) is 0 Å². The van der Waals surface area contributed by atoms with Gasteiger partial charge >= 0.3 is 0 Å². The highest BCUT2D eigenvalue weighted by molar-refractivity contribution is 5.87. The molecule has 0 aromatic heterocycles. The average molecular weight is 302 g/mol. The molecule has 1 aromatic rings. The van der Waals surface area contributed by atoms with Crippen LogP contribution in [0.3, 0.4) is 0 Å². The fourth-order valence-corrected chi connectivity index (χ4v) is 3.83. The van der Waals surface area contributed by atoms with Gasteiger partial charge in [-0.2, -0.15) is 0 Å². The number of likely N-dealkylation sites (N-methyl/N-ethyl adjacent to an activating group) is 1. The standard InChI is InChI=1S/C17H22N2O3/c1-18-16(22)14(13-5-3-2-4-6-13)11-17(18)7-9-19(10-8-17)15(21)12-20/h2-6,14,20H,7-12H2,1H3. The molecule has 0 aliphatic carbocycles. The summed E-state index contributed by atoms with van der Waals surface area (Å²) in [6.45, 7) is 0.783. The van der Waals surface area contributed by atoms with Crippen molar-refractivity contribution in [2.24, 2.45) is 0 Å². The van der Waals surface area contributed by atoms with Crippen molar-refractivity contribution in [3.05, 3.63) is 35.9 Å². The summed E-state index contributed by atoms with van der Waals surface area (Å²) >= 11 is 0. The van der Waals surface area contributed by atoms with E-state index < -0.39 is 6.61 Å². The average Bonchev–Trinajstić information content (AvgIpc) is 2.81. The molecule has 5 nitrogen and oxygen atoms in total. The number of carbonyl (C=O) groups excluding carboxylic acids is 2. The zero-order chi connectivity index (χ0) is 15.7. The van der Waals surface area contributed by atoms with Gasteiger partial charge < -0.3 is 14.9 Å². The Morgan fingerprint density at radius 3 is 2.50 bits per heavy atom. The lowest BCUT2D eigenvalue weighted by molar-refractivity contribution is -0.138. The van der Waals surface area contributed by atoms with Crippen LogP contribution in [0.4, 0.5) is 0 Å². The molecule has 0 bridgehead atoms. The lowest BCUT2D eigenvalue weighted by atomic mass is 9.81. The van der Waals surface area contributed by atoms with E-state index in [1.165, 1.54) is 0 Å². The number of amides is 2. The Kier molecular flexibility index (Phi) is 3.91. The molecule has 118 valence electrons. The van der Waals surface area contributed by atoms with E-state index >= 15 is 0 Å². The fourth-order valence-electron chi connectivity index (χ4n) is 3.83. The molecule has 5 heteroatoms. The highest BCUT2D eigenvalue weighted by atomic mass is 16.3.